The number of amides is 1. The van der Waals surface area contributed by atoms with Gasteiger partial charge in [-0.3, -0.25) is 4.79 Å². The molecular weight excluding hydrogens is 400 g/mol. The third-order valence-electron chi connectivity index (χ3n) is 5.48. The average molecular weight is 421 g/mol. The normalized spacial score (nSPS) is 14.4. The average Bonchev–Trinajstić information content (AvgIpc) is 3.17. The van der Waals surface area contributed by atoms with E-state index in [-0.39, 0.29) is 12.3 Å². The van der Waals surface area contributed by atoms with Gasteiger partial charge < -0.3 is 19.4 Å². The topological polar surface area (TPSA) is 54.7 Å². The van der Waals surface area contributed by atoms with Gasteiger partial charge in [0.2, 0.25) is 5.91 Å². The van der Waals surface area contributed by atoms with E-state index in [2.05, 4.69) is 22.3 Å². The van der Waals surface area contributed by atoms with Gasteiger partial charge >= 0.3 is 0 Å². The van der Waals surface area contributed by atoms with Crippen molar-refractivity contribution in [3.63, 3.8) is 0 Å². The van der Waals surface area contributed by atoms with Gasteiger partial charge in [0.15, 0.2) is 0 Å². The number of rotatable bonds is 4. The molecule has 1 aromatic heterocycles. The minimum atomic E-state index is -0.109. The summed E-state index contributed by atoms with van der Waals surface area (Å²) in [5.74, 6) is -0.109. The Hall–Kier alpha value is -3.02. The van der Waals surface area contributed by atoms with Crippen LogP contribution in [0.25, 0.3) is 21.7 Å². The first-order valence-corrected chi connectivity index (χ1v) is 10.4. The van der Waals surface area contributed by atoms with Crippen molar-refractivity contribution in [3.8, 4) is 0 Å². The molecule has 1 N–H and O–H groups in total. The van der Waals surface area contributed by atoms with E-state index in [4.69, 9.17) is 20.8 Å². The van der Waals surface area contributed by atoms with Crippen LogP contribution >= 0.6 is 11.6 Å². The molecule has 0 radical (unpaired) electrons. The quantitative estimate of drug-likeness (QED) is 0.489. The van der Waals surface area contributed by atoms with Crippen molar-refractivity contribution in [2.24, 2.45) is 0 Å². The van der Waals surface area contributed by atoms with E-state index >= 15 is 0 Å². The van der Waals surface area contributed by atoms with Crippen molar-refractivity contribution in [2.45, 2.75) is 6.42 Å². The van der Waals surface area contributed by atoms with E-state index in [0.717, 1.165) is 46.1 Å². The Labute approximate surface area is 179 Å². The van der Waals surface area contributed by atoms with Gasteiger partial charge in [0, 0.05) is 29.1 Å². The summed E-state index contributed by atoms with van der Waals surface area (Å²) in [5, 5.41) is 6.84. The Morgan fingerprint density at radius 1 is 1.07 bits per heavy atom. The molecular formula is C24H21ClN2O3. The molecule has 5 rings (SSSR count). The molecule has 0 unspecified atom stereocenters. The molecule has 4 aromatic rings. The van der Waals surface area contributed by atoms with E-state index in [9.17, 15) is 4.79 Å². The molecule has 152 valence electrons. The first kappa shape index (κ1) is 19.0. The van der Waals surface area contributed by atoms with Gasteiger partial charge in [0.05, 0.1) is 37.3 Å². The summed E-state index contributed by atoms with van der Waals surface area (Å²) in [4.78, 5) is 15.2. The van der Waals surface area contributed by atoms with Gasteiger partial charge in [-0.25, -0.2) is 0 Å². The molecule has 1 aliphatic heterocycles. The highest BCUT2D eigenvalue weighted by Gasteiger charge is 2.18. The van der Waals surface area contributed by atoms with Crippen molar-refractivity contribution in [1.82, 2.24) is 0 Å². The number of hydrogen-bond acceptors (Lipinski definition) is 4. The second kappa shape index (κ2) is 8.01. The first-order chi connectivity index (χ1) is 14.7. The summed E-state index contributed by atoms with van der Waals surface area (Å²) in [6.07, 6.45) is 1.90. The largest absolute Gasteiger partial charge is 0.464 e. The third-order valence-corrected chi connectivity index (χ3v) is 5.71. The summed E-state index contributed by atoms with van der Waals surface area (Å²) in [6.45, 7) is 2.90. The summed E-state index contributed by atoms with van der Waals surface area (Å²) in [7, 11) is 0. The smallest absolute Gasteiger partial charge is 0.228 e. The Balaban J connectivity index is 1.43. The maximum atomic E-state index is 13.0. The van der Waals surface area contributed by atoms with Crippen molar-refractivity contribution >= 4 is 50.6 Å². The number of anilines is 2. The number of fused-ring (bicyclic) bond motifs is 3. The maximum absolute atomic E-state index is 13.0. The van der Waals surface area contributed by atoms with Crippen molar-refractivity contribution in [3.05, 3.63) is 71.4 Å². The van der Waals surface area contributed by atoms with Crippen molar-refractivity contribution < 1.29 is 13.9 Å². The number of furan rings is 1. The van der Waals surface area contributed by atoms with Crippen LogP contribution in [0.4, 0.5) is 11.4 Å². The number of ether oxygens (including phenoxy) is 1. The molecule has 1 amide bonds. The fourth-order valence-corrected chi connectivity index (χ4v) is 4.23. The van der Waals surface area contributed by atoms with Crippen molar-refractivity contribution in [1.29, 1.82) is 0 Å². The monoisotopic (exact) mass is 420 g/mol. The number of benzene rings is 3. The molecule has 6 heteroatoms. The molecule has 1 saturated heterocycles. The van der Waals surface area contributed by atoms with Crippen LogP contribution in [0.2, 0.25) is 5.02 Å². The molecule has 5 nitrogen and oxygen atoms in total. The standard InChI is InChI=1S/C24H21ClN2O3/c25-18-6-7-21(27-9-11-29-12-10-27)20(14-18)26-23(28)13-17-15-30-22-8-5-16-3-1-2-4-19(16)24(17)22/h1-8,14-15H,9-13H2,(H,26,28). The van der Waals surface area contributed by atoms with Crippen LogP contribution in [0.5, 0.6) is 0 Å². The van der Waals surface area contributed by atoms with Gasteiger partial charge in [-0.1, -0.05) is 41.9 Å². The molecule has 30 heavy (non-hydrogen) atoms. The zero-order chi connectivity index (χ0) is 20.5. The number of morpholine rings is 1. The van der Waals surface area contributed by atoms with Crippen LogP contribution in [0.1, 0.15) is 5.56 Å². The number of halogens is 1. The molecule has 0 saturated carbocycles. The van der Waals surface area contributed by atoms with Crippen LogP contribution < -0.4 is 10.2 Å². The predicted octanol–water partition coefficient (Wildman–Crippen LogP) is 5.26. The number of nitrogens with one attached hydrogen (secondary N) is 1. The van der Waals surface area contributed by atoms with E-state index in [1.54, 1.807) is 12.3 Å². The van der Waals surface area contributed by atoms with Crippen molar-refractivity contribution in [2.75, 3.05) is 36.5 Å². The first-order valence-electron chi connectivity index (χ1n) is 9.99. The highest BCUT2D eigenvalue weighted by Crippen LogP contribution is 2.32. The summed E-state index contributed by atoms with van der Waals surface area (Å²) >= 11 is 6.22. The van der Waals surface area contributed by atoms with E-state index in [1.807, 2.05) is 36.4 Å². The molecule has 0 atom stereocenters. The minimum Gasteiger partial charge on any atom is -0.464 e. The number of carbonyl (C=O) groups is 1. The molecule has 1 aliphatic rings. The van der Waals surface area contributed by atoms with Gasteiger partial charge in [0.1, 0.15) is 5.58 Å². The Kier molecular flexibility index (Phi) is 5.07. The van der Waals surface area contributed by atoms with Crippen LogP contribution in [0.3, 0.4) is 0 Å². The molecule has 2 heterocycles. The zero-order valence-corrected chi connectivity index (χ0v) is 17.1. The number of hydrogen-bond donors (Lipinski definition) is 1. The predicted molar refractivity (Wildman–Crippen MR) is 121 cm³/mol. The van der Waals surface area contributed by atoms with Gasteiger partial charge in [-0.2, -0.15) is 0 Å². The second-order valence-electron chi connectivity index (χ2n) is 7.41. The number of carbonyl (C=O) groups excluding carboxylic acids is 1. The fraction of sp³-hybridized carbons (Fsp3) is 0.208. The third kappa shape index (κ3) is 3.62. The fourth-order valence-electron chi connectivity index (χ4n) is 4.06. The summed E-state index contributed by atoms with van der Waals surface area (Å²) in [5.41, 5.74) is 3.33. The Morgan fingerprint density at radius 3 is 2.77 bits per heavy atom. The van der Waals surface area contributed by atoms with E-state index in [0.29, 0.717) is 23.9 Å². The lowest BCUT2D eigenvalue weighted by Gasteiger charge is -2.30. The minimum absolute atomic E-state index is 0.109. The lowest BCUT2D eigenvalue weighted by atomic mass is 10.0. The lowest BCUT2D eigenvalue weighted by molar-refractivity contribution is -0.115. The van der Waals surface area contributed by atoms with Crippen LogP contribution in [0, 0.1) is 0 Å². The zero-order valence-electron chi connectivity index (χ0n) is 16.4. The molecule has 0 bridgehead atoms. The SMILES string of the molecule is O=C(Cc1coc2ccc3ccccc3c12)Nc1cc(Cl)ccc1N1CCOCC1. The summed E-state index contributed by atoms with van der Waals surface area (Å²) < 4.78 is 11.2. The summed E-state index contributed by atoms with van der Waals surface area (Å²) in [6, 6.07) is 17.7. The van der Waals surface area contributed by atoms with Crippen LogP contribution in [-0.4, -0.2) is 32.2 Å². The van der Waals surface area contributed by atoms with Crippen LogP contribution in [0.15, 0.2) is 65.3 Å². The lowest BCUT2D eigenvalue weighted by Crippen LogP contribution is -2.36. The maximum Gasteiger partial charge on any atom is 0.228 e. The van der Waals surface area contributed by atoms with E-state index < -0.39 is 0 Å². The molecule has 0 spiro atoms. The molecule has 0 aliphatic carbocycles. The highest BCUT2D eigenvalue weighted by atomic mass is 35.5. The molecule has 3 aromatic carbocycles. The van der Waals surface area contributed by atoms with Gasteiger partial charge in [-0.05, 0) is 35.0 Å². The molecule has 1 fully saturated rings. The van der Waals surface area contributed by atoms with E-state index in [1.165, 1.54) is 0 Å². The number of nitrogens with zero attached hydrogens (tertiary/aromatic N) is 1. The highest BCUT2D eigenvalue weighted by molar-refractivity contribution is 6.31. The second-order valence-corrected chi connectivity index (χ2v) is 7.84. The van der Waals surface area contributed by atoms with Crippen LogP contribution in [-0.2, 0) is 16.0 Å². The van der Waals surface area contributed by atoms with Gasteiger partial charge in [0.25, 0.3) is 0 Å². The van der Waals surface area contributed by atoms with Gasteiger partial charge in [-0.15, -0.1) is 0 Å². The Bertz CT molecular complexity index is 1230. The Morgan fingerprint density at radius 2 is 1.90 bits per heavy atom.